The Morgan fingerprint density at radius 3 is 2.38 bits per heavy atom. The van der Waals surface area contributed by atoms with Gasteiger partial charge in [0.2, 0.25) is 5.95 Å². The van der Waals surface area contributed by atoms with Crippen molar-refractivity contribution in [3.8, 4) is 0 Å². The SMILES string of the molecule is Cc1ccc(C)c(NC(=S)N2CCN(c3nc4c(c(=O)n(C)c(=O)n4C)n3Cc3ccccc3)CC2)c1. The highest BCUT2D eigenvalue weighted by atomic mass is 32.1. The number of aromatic nitrogens is 4. The molecule has 0 radical (unpaired) electrons. The van der Waals surface area contributed by atoms with Crippen molar-refractivity contribution < 1.29 is 0 Å². The summed E-state index contributed by atoms with van der Waals surface area (Å²) in [6, 6.07) is 16.3. The zero-order valence-corrected chi connectivity index (χ0v) is 22.4. The van der Waals surface area contributed by atoms with Crippen molar-refractivity contribution in [2.45, 2.75) is 20.4 Å². The van der Waals surface area contributed by atoms with Crippen LogP contribution in [0, 0.1) is 13.8 Å². The Morgan fingerprint density at radius 2 is 1.68 bits per heavy atom. The van der Waals surface area contributed by atoms with E-state index in [0.29, 0.717) is 54.9 Å². The maximum absolute atomic E-state index is 13.2. The molecule has 192 valence electrons. The molecule has 37 heavy (non-hydrogen) atoms. The summed E-state index contributed by atoms with van der Waals surface area (Å²) < 4.78 is 4.53. The first kappa shape index (κ1) is 24.8. The molecule has 0 unspecified atom stereocenters. The Hall–Kier alpha value is -3.92. The fourth-order valence-electron chi connectivity index (χ4n) is 4.77. The average Bonchev–Trinajstić information content (AvgIpc) is 3.28. The number of aryl methyl sites for hydroxylation is 3. The number of imidazole rings is 1. The molecule has 5 rings (SSSR count). The number of anilines is 2. The van der Waals surface area contributed by atoms with Gasteiger partial charge in [0, 0.05) is 46.0 Å². The number of nitrogens with one attached hydrogen (secondary N) is 1. The fourth-order valence-corrected chi connectivity index (χ4v) is 5.06. The largest absolute Gasteiger partial charge is 0.345 e. The third kappa shape index (κ3) is 4.64. The minimum Gasteiger partial charge on any atom is -0.345 e. The van der Waals surface area contributed by atoms with Crippen LogP contribution in [0.2, 0.25) is 0 Å². The van der Waals surface area contributed by atoms with E-state index >= 15 is 0 Å². The molecule has 1 aliphatic heterocycles. The van der Waals surface area contributed by atoms with Crippen LogP contribution in [0.3, 0.4) is 0 Å². The second-order valence-electron chi connectivity index (χ2n) is 9.58. The molecule has 0 atom stereocenters. The van der Waals surface area contributed by atoms with Crippen molar-refractivity contribution in [3.63, 3.8) is 0 Å². The summed E-state index contributed by atoms with van der Waals surface area (Å²) in [6.45, 7) is 7.40. The molecule has 9 nitrogen and oxygen atoms in total. The molecule has 10 heteroatoms. The van der Waals surface area contributed by atoms with Crippen LogP contribution in [0.4, 0.5) is 11.6 Å². The van der Waals surface area contributed by atoms with Crippen LogP contribution < -0.4 is 21.5 Å². The predicted octanol–water partition coefficient (Wildman–Crippen LogP) is 2.62. The van der Waals surface area contributed by atoms with Crippen molar-refractivity contribution in [1.29, 1.82) is 0 Å². The number of hydrogen-bond acceptors (Lipinski definition) is 5. The van der Waals surface area contributed by atoms with Crippen molar-refractivity contribution in [2.24, 2.45) is 14.1 Å². The van der Waals surface area contributed by atoms with Crippen molar-refractivity contribution >= 4 is 40.1 Å². The number of thiocarbonyl (C=S) groups is 1. The van der Waals surface area contributed by atoms with E-state index in [9.17, 15) is 9.59 Å². The molecule has 0 aliphatic carbocycles. The lowest BCUT2D eigenvalue weighted by Crippen LogP contribution is -2.50. The van der Waals surface area contributed by atoms with Gasteiger partial charge in [0.25, 0.3) is 5.56 Å². The first-order valence-electron chi connectivity index (χ1n) is 12.3. The van der Waals surface area contributed by atoms with Crippen LogP contribution in [0.25, 0.3) is 11.2 Å². The molecule has 1 aliphatic rings. The topological polar surface area (TPSA) is 80.3 Å². The normalized spacial score (nSPS) is 13.8. The number of nitrogens with zero attached hydrogens (tertiary/aromatic N) is 6. The number of rotatable bonds is 4. The Labute approximate surface area is 220 Å². The minimum atomic E-state index is -0.388. The summed E-state index contributed by atoms with van der Waals surface area (Å²) in [5, 5.41) is 4.10. The highest BCUT2D eigenvalue weighted by Crippen LogP contribution is 2.23. The average molecular weight is 518 g/mol. The summed E-state index contributed by atoms with van der Waals surface area (Å²) in [5.41, 5.74) is 4.50. The van der Waals surface area contributed by atoms with Crippen LogP contribution in [-0.2, 0) is 20.6 Å². The third-order valence-corrected chi connectivity index (χ3v) is 7.36. The first-order valence-corrected chi connectivity index (χ1v) is 12.7. The van der Waals surface area contributed by atoms with E-state index in [-0.39, 0.29) is 11.2 Å². The Balaban J connectivity index is 1.44. The van der Waals surface area contributed by atoms with Crippen LogP contribution >= 0.6 is 12.2 Å². The number of piperazine rings is 1. The van der Waals surface area contributed by atoms with Crippen LogP contribution in [0.15, 0.2) is 58.1 Å². The van der Waals surface area contributed by atoms with Crippen LogP contribution in [0.5, 0.6) is 0 Å². The van der Waals surface area contributed by atoms with Gasteiger partial charge >= 0.3 is 5.69 Å². The molecule has 0 bridgehead atoms. The Kier molecular flexibility index (Phi) is 6.59. The van der Waals surface area contributed by atoms with Crippen molar-refractivity contribution in [1.82, 2.24) is 23.6 Å². The summed E-state index contributed by atoms with van der Waals surface area (Å²) in [5.74, 6) is 0.685. The van der Waals surface area contributed by atoms with Gasteiger partial charge in [0.1, 0.15) is 0 Å². The molecular weight excluding hydrogens is 486 g/mol. The molecule has 0 amide bonds. The van der Waals surface area contributed by atoms with Crippen molar-refractivity contribution in [2.75, 3.05) is 36.4 Å². The smallest absolute Gasteiger partial charge is 0.332 e. The summed E-state index contributed by atoms with van der Waals surface area (Å²) >= 11 is 5.74. The molecule has 3 heterocycles. The molecule has 0 spiro atoms. The lowest BCUT2D eigenvalue weighted by Gasteiger charge is -2.37. The van der Waals surface area contributed by atoms with E-state index in [1.165, 1.54) is 17.2 Å². The maximum atomic E-state index is 13.2. The zero-order valence-electron chi connectivity index (χ0n) is 21.6. The monoisotopic (exact) mass is 517 g/mol. The van der Waals surface area contributed by atoms with E-state index in [2.05, 4.69) is 47.2 Å². The lowest BCUT2D eigenvalue weighted by atomic mass is 10.1. The van der Waals surface area contributed by atoms with Gasteiger partial charge < -0.3 is 15.1 Å². The van der Waals surface area contributed by atoms with Crippen molar-refractivity contribution in [3.05, 3.63) is 86.1 Å². The van der Waals surface area contributed by atoms with Gasteiger partial charge in [-0.05, 0) is 48.8 Å². The third-order valence-electron chi connectivity index (χ3n) is 7.00. The summed E-state index contributed by atoms with van der Waals surface area (Å²) in [4.78, 5) is 35.0. The van der Waals surface area contributed by atoms with E-state index in [0.717, 1.165) is 21.4 Å². The molecule has 2 aromatic carbocycles. The highest BCUT2D eigenvalue weighted by Gasteiger charge is 2.26. The zero-order chi connectivity index (χ0) is 26.3. The maximum Gasteiger partial charge on any atom is 0.332 e. The van der Waals surface area contributed by atoms with E-state index in [4.69, 9.17) is 17.2 Å². The Morgan fingerprint density at radius 1 is 0.973 bits per heavy atom. The van der Waals surface area contributed by atoms with E-state index < -0.39 is 0 Å². The molecule has 1 saturated heterocycles. The molecular formula is C27H31N7O2S. The molecule has 2 aromatic heterocycles. The first-order chi connectivity index (χ1) is 17.7. The van der Waals surface area contributed by atoms with Gasteiger partial charge in [-0.3, -0.25) is 18.5 Å². The van der Waals surface area contributed by atoms with Gasteiger partial charge in [-0.1, -0.05) is 42.5 Å². The number of hydrogen-bond donors (Lipinski definition) is 1. The quantitative estimate of drug-likeness (QED) is 0.417. The lowest BCUT2D eigenvalue weighted by molar-refractivity contribution is 0.386. The van der Waals surface area contributed by atoms with E-state index in [1.807, 2.05) is 34.9 Å². The fraction of sp³-hybridized carbons (Fsp3) is 0.333. The second kappa shape index (κ2) is 9.85. The standard InChI is InChI=1S/C27H31N7O2S/c1-18-10-11-19(2)21(16-18)28-26(37)33-14-12-32(13-15-33)25-29-23-22(24(35)31(4)27(36)30(23)3)34(25)17-20-8-6-5-7-9-20/h5-11,16H,12-15,17H2,1-4H3,(H,28,37). The second-order valence-corrected chi connectivity index (χ2v) is 9.97. The number of fused-ring (bicyclic) bond motifs is 1. The van der Waals surface area contributed by atoms with Gasteiger partial charge in [-0.15, -0.1) is 0 Å². The van der Waals surface area contributed by atoms with Gasteiger partial charge in [-0.2, -0.15) is 4.98 Å². The molecule has 4 aromatic rings. The minimum absolute atomic E-state index is 0.342. The van der Waals surface area contributed by atoms with Crippen LogP contribution in [0.1, 0.15) is 16.7 Å². The molecule has 0 saturated carbocycles. The predicted molar refractivity (Wildman–Crippen MR) is 152 cm³/mol. The molecule has 1 fully saturated rings. The highest BCUT2D eigenvalue weighted by molar-refractivity contribution is 7.80. The summed E-state index contributed by atoms with van der Waals surface area (Å²) in [6.07, 6.45) is 0. The number of benzene rings is 2. The van der Waals surface area contributed by atoms with Crippen LogP contribution in [-0.4, -0.2) is 54.9 Å². The van der Waals surface area contributed by atoms with E-state index in [1.54, 1.807) is 7.05 Å². The Bertz CT molecular complexity index is 1600. The van der Waals surface area contributed by atoms with Gasteiger partial charge in [0.15, 0.2) is 16.3 Å². The summed E-state index contributed by atoms with van der Waals surface area (Å²) in [7, 11) is 3.16. The van der Waals surface area contributed by atoms with Gasteiger partial charge in [0.05, 0.1) is 6.54 Å². The molecule has 1 N–H and O–H groups in total. The van der Waals surface area contributed by atoms with Gasteiger partial charge in [-0.25, -0.2) is 4.79 Å².